The standard InChI is InChI=1S/C71H138O17P2/c1-7-10-12-14-16-17-18-24-31-37-43-49-55-70(75)87-66(59-81-68(73)53-47-41-33-15-13-11-8-2)61-85-89(77,78)83-57-65(72)58-84-90(79,80)86-62-67(60-82-69(74)54-48-42-36-30-27-26-29-35-40-46-52-64(6)9-3)88-71(76)56-50-44-38-32-25-22-20-19-21-23-28-34-39-45-51-63(4)5/h63-67,72H,7-62H2,1-6H3,(H,77,78)(H,79,80)/t64?,65-,66+,67+/m0/s1. The van der Waals surface area contributed by atoms with Crippen LogP contribution in [0, 0.1) is 11.8 Å². The first kappa shape index (κ1) is 88.1. The molecule has 0 aromatic rings. The van der Waals surface area contributed by atoms with E-state index in [1.165, 1.54) is 167 Å². The monoisotopic (exact) mass is 1320 g/mol. The molecule has 0 spiro atoms. The fourth-order valence-electron chi connectivity index (χ4n) is 10.7. The number of ether oxygens (including phenoxy) is 4. The second-order valence-electron chi connectivity index (χ2n) is 26.3. The Morgan fingerprint density at radius 1 is 0.322 bits per heavy atom. The Morgan fingerprint density at radius 3 is 0.844 bits per heavy atom. The lowest BCUT2D eigenvalue weighted by molar-refractivity contribution is -0.161. The Kier molecular flexibility index (Phi) is 61.8. The molecule has 0 aromatic heterocycles. The van der Waals surface area contributed by atoms with Crippen LogP contribution in [0.15, 0.2) is 0 Å². The van der Waals surface area contributed by atoms with Gasteiger partial charge in [-0.3, -0.25) is 37.3 Å². The van der Waals surface area contributed by atoms with Crippen molar-refractivity contribution in [1.82, 2.24) is 0 Å². The van der Waals surface area contributed by atoms with Gasteiger partial charge in [0, 0.05) is 25.7 Å². The van der Waals surface area contributed by atoms with Gasteiger partial charge in [0.05, 0.1) is 26.4 Å². The Bertz CT molecular complexity index is 1750. The summed E-state index contributed by atoms with van der Waals surface area (Å²) in [5.41, 5.74) is 0. The van der Waals surface area contributed by atoms with Crippen LogP contribution in [0.5, 0.6) is 0 Å². The molecule has 0 saturated carbocycles. The Morgan fingerprint density at radius 2 is 0.567 bits per heavy atom. The molecule has 0 aliphatic rings. The minimum absolute atomic E-state index is 0.107. The molecule has 0 radical (unpaired) electrons. The Balaban J connectivity index is 5.21. The summed E-state index contributed by atoms with van der Waals surface area (Å²) in [5, 5.41) is 10.6. The van der Waals surface area contributed by atoms with Crippen molar-refractivity contribution in [2.75, 3.05) is 39.6 Å². The summed E-state index contributed by atoms with van der Waals surface area (Å²) in [5.74, 6) is -0.521. The van der Waals surface area contributed by atoms with Gasteiger partial charge >= 0.3 is 39.5 Å². The average molecular weight is 1330 g/mol. The molecule has 0 amide bonds. The van der Waals surface area contributed by atoms with E-state index in [1.807, 2.05) is 0 Å². The maximum atomic E-state index is 13.0. The summed E-state index contributed by atoms with van der Waals surface area (Å²) in [6, 6.07) is 0. The predicted octanol–water partition coefficient (Wildman–Crippen LogP) is 20.4. The van der Waals surface area contributed by atoms with Gasteiger partial charge in [0.2, 0.25) is 0 Å². The second kappa shape index (κ2) is 63.1. The fraction of sp³-hybridized carbons (Fsp3) is 0.944. The van der Waals surface area contributed by atoms with Crippen LogP contribution in [-0.2, 0) is 65.4 Å². The zero-order valence-corrected chi connectivity index (χ0v) is 60.2. The van der Waals surface area contributed by atoms with Gasteiger partial charge in [0.1, 0.15) is 19.3 Å². The third-order valence-corrected chi connectivity index (χ3v) is 18.7. The minimum atomic E-state index is -4.95. The number of phosphoric ester groups is 2. The van der Waals surface area contributed by atoms with Crippen molar-refractivity contribution in [3.63, 3.8) is 0 Å². The number of phosphoric acid groups is 2. The van der Waals surface area contributed by atoms with Crippen LogP contribution in [0.4, 0.5) is 0 Å². The molecule has 90 heavy (non-hydrogen) atoms. The van der Waals surface area contributed by atoms with Crippen molar-refractivity contribution in [2.45, 2.75) is 381 Å². The third-order valence-electron chi connectivity index (χ3n) is 16.8. The molecule has 0 aromatic carbocycles. The van der Waals surface area contributed by atoms with Gasteiger partial charge in [0.15, 0.2) is 12.2 Å². The summed E-state index contributed by atoms with van der Waals surface area (Å²) in [6.45, 7) is 9.57. The summed E-state index contributed by atoms with van der Waals surface area (Å²) < 4.78 is 68.2. The smallest absolute Gasteiger partial charge is 0.462 e. The van der Waals surface area contributed by atoms with Crippen LogP contribution < -0.4 is 0 Å². The van der Waals surface area contributed by atoms with Gasteiger partial charge in [-0.1, -0.05) is 311 Å². The average Bonchev–Trinajstić information content (AvgIpc) is 3.71. The zero-order valence-electron chi connectivity index (χ0n) is 58.4. The molecule has 17 nitrogen and oxygen atoms in total. The highest BCUT2D eigenvalue weighted by Crippen LogP contribution is 2.45. The van der Waals surface area contributed by atoms with Gasteiger partial charge < -0.3 is 33.8 Å². The maximum Gasteiger partial charge on any atom is 0.472 e. The summed E-state index contributed by atoms with van der Waals surface area (Å²) in [6.07, 6.45) is 48.5. The number of carbonyl (C=O) groups excluding carboxylic acids is 4. The minimum Gasteiger partial charge on any atom is -0.462 e. The molecule has 0 fully saturated rings. The van der Waals surface area contributed by atoms with Crippen LogP contribution in [0.25, 0.3) is 0 Å². The van der Waals surface area contributed by atoms with Crippen molar-refractivity contribution in [3.8, 4) is 0 Å². The van der Waals surface area contributed by atoms with Crippen LogP contribution in [0.2, 0.25) is 0 Å². The topological polar surface area (TPSA) is 237 Å². The first-order chi connectivity index (χ1) is 43.4. The lowest BCUT2D eigenvalue weighted by atomic mass is 9.99. The number of unbranched alkanes of at least 4 members (excludes halogenated alkanes) is 39. The highest BCUT2D eigenvalue weighted by molar-refractivity contribution is 7.47. The van der Waals surface area contributed by atoms with Gasteiger partial charge in [0.25, 0.3) is 0 Å². The SMILES string of the molecule is CCCCCCCCCCCCCCC(=O)O[C@H](COC(=O)CCCCCCCCC)COP(=O)(O)OC[C@H](O)COP(=O)(O)OC[C@@H](COC(=O)CCCCCCCCCCCCC(C)CC)OC(=O)CCCCCCCCCCCCCCCCC(C)C. The van der Waals surface area contributed by atoms with E-state index in [1.54, 1.807) is 0 Å². The lowest BCUT2D eigenvalue weighted by Crippen LogP contribution is -2.30. The number of hydrogen-bond donors (Lipinski definition) is 3. The molecule has 534 valence electrons. The van der Waals surface area contributed by atoms with E-state index < -0.39 is 97.5 Å². The van der Waals surface area contributed by atoms with E-state index in [0.29, 0.717) is 25.7 Å². The van der Waals surface area contributed by atoms with Gasteiger partial charge in [-0.05, 0) is 37.5 Å². The molecule has 3 unspecified atom stereocenters. The van der Waals surface area contributed by atoms with E-state index in [2.05, 4.69) is 41.5 Å². The van der Waals surface area contributed by atoms with Crippen LogP contribution in [-0.4, -0.2) is 96.7 Å². The number of hydrogen-bond acceptors (Lipinski definition) is 15. The van der Waals surface area contributed by atoms with E-state index in [4.69, 9.17) is 37.0 Å². The number of carbonyl (C=O) groups is 4. The molecular weight excluding hydrogens is 1190 g/mol. The molecule has 0 heterocycles. The Labute approximate surface area is 549 Å². The van der Waals surface area contributed by atoms with E-state index in [0.717, 1.165) is 115 Å². The maximum absolute atomic E-state index is 13.0. The highest BCUT2D eigenvalue weighted by Gasteiger charge is 2.30. The summed E-state index contributed by atoms with van der Waals surface area (Å²) >= 11 is 0. The molecule has 0 rings (SSSR count). The van der Waals surface area contributed by atoms with Crippen LogP contribution in [0.1, 0.15) is 363 Å². The molecule has 19 heteroatoms. The molecule has 0 saturated heterocycles. The van der Waals surface area contributed by atoms with Crippen molar-refractivity contribution >= 4 is 39.5 Å². The van der Waals surface area contributed by atoms with Gasteiger partial charge in [-0.2, -0.15) is 0 Å². The quantitative estimate of drug-likeness (QED) is 0.0222. The van der Waals surface area contributed by atoms with E-state index in [9.17, 15) is 43.2 Å². The first-order valence-corrected chi connectivity index (χ1v) is 40.0. The molecule has 6 atom stereocenters. The predicted molar refractivity (Wildman–Crippen MR) is 363 cm³/mol. The highest BCUT2D eigenvalue weighted by atomic mass is 31.2. The second-order valence-corrected chi connectivity index (χ2v) is 29.3. The van der Waals surface area contributed by atoms with Crippen molar-refractivity contribution in [2.24, 2.45) is 11.8 Å². The molecular formula is C71H138O17P2. The molecule has 0 aliphatic heterocycles. The summed E-state index contributed by atoms with van der Waals surface area (Å²) in [4.78, 5) is 72.5. The Hall–Kier alpha value is -1.94. The van der Waals surface area contributed by atoms with Crippen molar-refractivity contribution in [1.29, 1.82) is 0 Å². The van der Waals surface area contributed by atoms with Crippen molar-refractivity contribution < 1.29 is 80.2 Å². The molecule has 3 N–H and O–H groups in total. The van der Waals surface area contributed by atoms with Crippen molar-refractivity contribution in [3.05, 3.63) is 0 Å². The molecule has 0 aliphatic carbocycles. The summed E-state index contributed by atoms with van der Waals surface area (Å²) in [7, 11) is -9.90. The van der Waals surface area contributed by atoms with Gasteiger partial charge in [-0.25, -0.2) is 9.13 Å². The normalized spacial score (nSPS) is 14.4. The first-order valence-electron chi connectivity index (χ1n) is 37.0. The van der Waals surface area contributed by atoms with E-state index >= 15 is 0 Å². The van der Waals surface area contributed by atoms with Crippen LogP contribution >= 0.6 is 15.6 Å². The third kappa shape index (κ3) is 63.5. The number of aliphatic hydroxyl groups excluding tert-OH is 1. The number of aliphatic hydroxyl groups is 1. The van der Waals surface area contributed by atoms with Gasteiger partial charge in [-0.15, -0.1) is 0 Å². The lowest BCUT2D eigenvalue weighted by Gasteiger charge is -2.21. The largest absolute Gasteiger partial charge is 0.472 e. The number of esters is 4. The molecule has 0 bridgehead atoms. The van der Waals surface area contributed by atoms with Crippen LogP contribution in [0.3, 0.4) is 0 Å². The number of rotatable bonds is 70. The fourth-order valence-corrected chi connectivity index (χ4v) is 12.3. The zero-order chi connectivity index (χ0) is 66.5. The van der Waals surface area contributed by atoms with E-state index in [-0.39, 0.29) is 25.7 Å².